The number of nitrogens with one attached hydrogen (secondary N) is 1. The van der Waals surface area contributed by atoms with Gasteiger partial charge in [-0.25, -0.2) is 4.98 Å². The molecule has 0 saturated carbocycles. The Kier molecular flexibility index (Phi) is 13.2. The van der Waals surface area contributed by atoms with Gasteiger partial charge in [0.15, 0.2) is 0 Å². The summed E-state index contributed by atoms with van der Waals surface area (Å²) in [5, 5.41) is 6.63. The summed E-state index contributed by atoms with van der Waals surface area (Å²) in [4.78, 5) is 29.2. The molecule has 2 amide bonds. The molecule has 0 radical (unpaired) electrons. The molecule has 1 saturated heterocycles. The van der Waals surface area contributed by atoms with Gasteiger partial charge in [-0.2, -0.15) is 5.10 Å². The minimum Gasteiger partial charge on any atom is -0.492 e. The first-order chi connectivity index (χ1) is 22.4. The zero-order valence-corrected chi connectivity index (χ0v) is 26.5. The van der Waals surface area contributed by atoms with Crippen LogP contribution in [0.3, 0.4) is 0 Å². The summed E-state index contributed by atoms with van der Waals surface area (Å²) in [7, 11) is 1.59. The normalized spacial score (nSPS) is 13.6. The molecule has 12 nitrogen and oxygen atoms in total. The number of ether oxygens (including phenoxy) is 5. The molecule has 3 heterocycles. The number of hydrogen-bond donors (Lipinski definition) is 1. The predicted octanol–water partition coefficient (Wildman–Crippen LogP) is 4.31. The third-order valence-corrected chi connectivity index (χ3v) is 6.92. The van der Waals surface area contributed by atoms with Crippen molar-refractivity contribution >= 4 is 18.0 Å². The Morgan fingerprint density at radius 3 is 2.22 bits per heavy atom. The first kappa shape index (κ1) is 33.8. The van der Waals surface area contributed by atoms with Crippen LogP contribution >= 0.6 is 0 Å². The fraction of sp³-hybridized carbons (Fsp3) is 0.353. The molecule has 244 valence electrons. The average Bonchev–Trinajstić information content (AvgIpc) is 3.75. The summed E-state index contributed by atoms with van der Waals surface area (Å²) in [5.74, 6) is 2.76. The fourth-order valence-corrected chi connectivity index (χ4v) is 4.38. The highest BCUT2D eigenvalue weighted by Gasteiger charge is 2.17. The Morgan fingerprint density at radius 2 is 1.65 bits per heavy atom. The number of benzene rings is 2. The van der Waals surface area contributed by atoms with E-state index in [9.17, 15) is 9.59 Å². The predicted molar refractivity (Wildman–Crippen MR) is 172 cm³/mol. The zero-order valence-electron chi connectivity index (χ0n) is 26.5. The van der Waals surface area contributed by atoms with E-state index >= 15 is 0 Å². The van der Waals surface area contributed by atoms with Crippen molar-refractivity contribution in [3.05, 3.63) is 90.4 Å². The Hall–Kier alpha value is -5.10. The summed E-state index contributed by atoms with van der Waals surface area (Å²) in [6, 6.07) is 19.2. The molecule has 1 N–H and O–H groups in total. The molecule has 1 fully saturated rings. The number of hydrogen-bond acceptors (Lipinski definition) is 9. The van der Waals surface area contributed by atoms with Crippen LogP contribution in [0, 0.1) is 13.8 Å². The van der Waals surface area contributed by atoms with E-state index in [-0.39, 0.29) is 18.6 Å². The maximum absolute atomic E-state index is 12.9. The van der Waals surface area contributed by atoms with Gasteiger partial charge in [-0.3, -0.25) is 14.3 Å². The number of rotatable bonds is 15. The number of carbonyl (C=O) groups is 2. The fourth-order valence-electron chi connectivity index (χ4n) is 4.38. The van der Waals surface area contributed by atoms with Gasteiger partial charge < -0.3 is 33.9 Å². The van der Waals surface area contributed by atoms with Gasteiger partial charge in [0, 0.05) is 24.9 Å². The molecule has 0 spiro atoms. The summed E-state index contributed by atoms with van der Waals surface area (Å²) in [5.41, 5.74) is 2.85. The molecule has 12 heteroatoms. The third kappa shape index (κ3) is 11.4. The zero-order chi connectivity index (χ0) is 32.6. The molecule has 0 aliphatic carbocycles. The van der Waals surface area contributed by atoms with E-state index < -0.39 is 0 Å². The Labute approximate surface area is 269 Å². The van der Waals surface area contributed by atoms with Crippen molar-refractivity contribution in [1.82, 2.24) is 19.7 Å². The van der Waals surface area contributed by atoms with Crippen LogP contribution in [0.25, 0.3) is 0 Å². The smallest absolute Gasteiger partial charge is 0.244 e. The van der Waals surface area contributed by atoms with Crippen LogP contribution in [-0.2, 0) is 20.9 Å². The van der Waals surface area contributed by atoms with E-state index in [0.717, 1.165) is 41.4 Å². The lowest BCUT2D eigenvalue weighted by molar-refractivity contribution is -0.132. The van der Waals surface area contributed by atoms with Gasteiger partial charge in [-0.15, -0.1) is 0 Å². The van der Waals surface area contributed by atoms with Crippen molar-refractivity contribution in [2.75, 3.05) is 51.9 Å². The van der Waals surface area contributed by atoms with Gasteiger partial charge in [0.2, 0.25) is 18.2 Å². The van der Waals surface area contributed by atoms with Crippen LogP contribution in [0.2, 0.25) is 0 Å². The van der Waals surface area contributed by atoms with Crippen molar-refractivity contribution < 1.29 is 33.3 Å². The largest absolute Gasteiger partial charge is 0.492 e. The summed E-state index contributed by atoms with van der Waals surface area (Å²) < 4.78 is 29.0. The summed E-state index contributed by atoms with van der Waals surface area (Å²) in [6.45, 7) is 7.07. The highest BCUT2D eigenvalue weighted by atomic mass is 16.5. The number of anilines is 1. The second-order valence-electron chi connectivity index (χ2n) is 10.5. The van der Waals surface area contributed by atoms with Gasteiger partial charge in [0.1, 0.15) is 43.1 Å². The van der Waals surface area contributed by atoms with Crippen molar-refractivity contribution in [2.45, 2.75) is 32.9 Å². The maximum atomic E-state index is 12.9. The Morgan fingerprint density at radius 1 is 1.00 bits per heavy atom. The molecule has 1 unspecified atom stereocenters. The maximum Gasteiger partial charge on any atom is 0.244 e. The van der Waals surface area contributed by atoms with Crippen molar-refractivity contribution in [3.63, 3.8) is 0 Å². The number of carbonyl (C=O) groups excluding carboxylic acids is 2. The first-order valence-electron chi connectivity index (χ1n) is 15.1. The molecule has 4 aromatic rings. The van der Waals surface area contributed by atoms with E-state index in [1.807, 2.05) is 68.4 Å². The van der Waals surface area contributed by atoms with E-state index in [1.54, 1.807) is 30.5 Å². The second kappa shape index (κ2) is 18.0. The molecular formula is C34H41N5O7. The number of methoxy groups -OCH3 is 1. The standard InChI is InChI=1S/C24H28N4O4.C10H13NO3/c1-19-3-7-22(8-4-19)31-13-11-27(12-14-32-23-9-5-20(2)6-10-23)24(30)17-28-16-21(15-26-28)25-18-29;1-12-10-6-8(2-4-11-10)14-9-3-5-13-7-9/h3-10,15-16,18H,11-14,17H2,1-2H3,(H,25,29);2,4,6,9H,3,5,7H2,1H3. The van der Waals surface area contributed by atoms with Gasteiger partial charge in [-0.1, -0.05) is 35.4 Å². The molecule has 5 rings (SSSR count). The van der Waals surface area contributed by atoms with Crippen LogP contribution in [-0.4, -0.2) is 84.7 Å². The molecule has 1 aliphatic heterocycles. The highest BCUT2D eigenvalue weighted by molar-refractivity contribution is 5.76. The average molecular weight is 632 g/mol. The van der Waals surface area contributed by atoms with Crippen molar-refractivity contribution in [3.8, 4) is 23.1 Å². The van der Waals surface area contributed by atoms with E-state index in [0.29, 0.717) is 50.9 Å². The SMILES string of the molecule is COc1cc(OC2CCOC2)ccn1.Cc1ccc(OCCN(CCOc2ccc(C)cc2)C(=O)Cn2cc(NC=O)cn2)cc1. The number of pyridine rings is 1. The van der Waals surface area contributed by atoms with Gasteiger partial charge >= 0.3 is 0 Å². The van der Waals surface area contributed by atoms with Gasteiger partial charge in [-0.05, 0) is 44.2 Å². The van der Waals surface area contributed by atoms with E-state index in [2.05, 4.69) is 15.4 Å². The Bertz CT molecular complexity index is 1440. The lowest BCUT2D eigenvalue weighted by Gasteiger charge is -2.23. The van der Waals surface area contributed by atoms with Crippen molar-refractivity contribution in [1.29, 1.82) is 0 Å². The van der Waals surface area contributed by atoms with Crippen LogP contribution in [0.1, 0.15) is 17.5 Å². The van der Waals surface area contributed by atoms with Crippen LogP contribution in [0.5, 0.6) is 23.1 Å². The monoisotopic (exact) mass is 631 g/mol. The van der Waals surface area contributed by atoms with E-state index in [1.165, 1.54) is 10.9 Å². The number of aryl methyl sites for hydroxylation is 2. The molecule has 46 heavy (non-hydrogen) atoms. The van der Waals surface area contributed by atoms with Crippen molar-refractivity contribution in [2.24, 2.45) is 0 Å². The number of nitrogens with zero attached hydrogens (tertiary/aromatic N) is 4. The lowest BCUT2D eigenvalue weighted by Crippen LogP contribution is -2.39. The van der Waals surface area contributed by atoms with Crippen LogP contribution in [0.4, 0.5) is 5.69 Å². The molecule has 1 atom stereocenters. The van der Waals surface area contributed by atoms with Crippen LogP contribution < -0.4 is 24.3 Å². The molecular weight excluding hydrogens is 590 g/mol. The van der Waals surface area contributed by atoms with E-state index in [4.69, 9.17) is 23.7 Å². The molecule has 0 bridgehead atoms. The first-order valence-corrected chi connectivity index (χ1v) is 15.1. The minimum absolute atomic E-state index is 0.0512. The highest BCUT2D eigenvalue weighted by Crippen LogP contribution is 2.20. The molecule has 2 aromatic heterocycles. The third-order valence-electron chi connectivity index (χ3n) is 6.92. The number of aromatic nitrogens is 3. The van der Waals surface area contributed by atoms with Crippen LogP contribution in [0.15, 0.2) is 79.3 Å². The second-order valence-corrected chi connectivity index (χ2v) is 10.5. The lowest BCUT2D eigenvalue weighted by atomic mass is 10.2. The number of amides is 2. The molecule has 2 aromatic carbocycles. The van der Waals surface area contributed by atoms with Gasteiger partial charge in [0.25, 0.3) is 0 Å². The molecule has 1 aliphatic rings. The van der Waals surface area contributed by atoms with Gasteiger partial charge in [0.05, 0.1) is 45.3 Å². The quantitative estimate of drug-likeness (QED) is 0.191. The summed E-state index contributed by atoms with van der Waals surface area (Å²) in [6.07, 6.45) is 6.46. The minimum atomic E-state index is -0.120. The summed E-state index contributed by atoms with van der Waals surface area (Å²) >= 11 is 0. The topological polar surface area (TPSA) is 126 Å². The Balaban J connectivity index is 0.000000284.